The smallest absolute Gasteiger partial charge is 0.433 e. The van der Waals surface area contributed by atoms with E-state index >= 15 is 0 Å². The van der Waals surface area contributed by atoms with E-state index in [4.69, 9.17) is 5.11 Å². The summed E-state index contributed by atoms with van der Waals surface area (Å²) in [5.74, 6) is -1.58. The number of halogens is 3. The Balaban J connectivity index is 3.20. The Bertz CT molecular complexity index is 446. The second kappa shape index (κ2) is 5.24. The van der Waals surface area contributed by atoms with Crippen LogP contribution in [0.15, 0.2) is 12.1 Å². The van der Waals surface area contributed by atoms with Crippen LogP contribution >= 0.6 is 0 Å². The number of anilines is 1. The van der Waals surface area contributed by atoms with Crippen molar-refractivity contribution < 1.29 is 23.1 Å². The molecule has 0 saturated carbocycles. The first-order valence-corrected chi connectivity index (χ1v) is 5.33. The summed E-state index contributed by atoms with van der Waals surface area (Å²) in [6.45, 7) is 3.55. The average Bonchev–Trinajstić information content (AvgIpc) is 2.27. The van der Waals surface area contributed by atoms with Gasteiger partial charge in [-0.2, -0.15) is 13.2 Å². The molecule has 7 heteroatoms. The second-order valence-electron chi connectivity index (χ2n) is 3.85. The molecule has 1 unspecified atom stereocenters. The van der Waals surface area contributed by atoms with Crippen LogP contribution in [-0.2, 0) is 6.18 Å². The van der Waals surface area contributed by atoms with Crippen LogP contribution in [0.1, 0.15) is 36.3 Å². The molecule has 0 aromatic carbocycles. The maximum Gasteiger partial charge on any atom is 0.433 e. The van der Waals surface area contributed by atoms with Crippen LogP contribution in [0.4, 0.5) is 19.0 Å². The van der Waals surface area contributed by atoms with Crippen molar-refractivity contribution in [2.75, 3.05) is 5.32 Å². The predicted octanol–water partition coefficient (Wildman–Crippen LogP) is 3.01. The van der Waals surface area contributed by atoms with E-state index in [0.29, 0.717) is 12.5 Å². The molecule has 2 N–H and O–H groups in total. The van der Waals surface area contributed by atoms with Crippen LogP contribution in [0.3, 0.4) is 0 Å². The van der Waals surface area contributed by atoms with E-state index in [2.05, 4.69) is 10.3 Å². The molecule has 1 aromatic heterocycles. The lowest BCUT2D eigenvalue weighted by atomic mass is 10.2. The van der Waals surface area contributed by atoms with Gasteiger partial charge in [0.15, 0.2) is 0 Å². The number of carbonyl (C=O) groups is 1. The zero-order valence-corrected chi connectivity index (χ0v) is 9.88. The number of pyridine rings is 1. The molecular weight excluding hydrogens is 249 g/mol. The van der Waals surface area contributed by atoms with Crippen LogP contribution in [0.2, 0.25) is 0 Å². The van der Waals surface area contributed by atoms with Crippen molar-refractivity contribution in [3.63, 3.8) is 0 Å². The first kappa shape index (κ1) is 14.3. The van der Waals surface area contributed by atoms with Gasteiger partial charge in [0.25, 0.3) is 0 Å². The highest BCUT2D eigenvalue weighted by Gasteiger charge is 2.33. The summed E-state index contributed by atoms with van der Waals surface area (Å²) in [5, 5.41) is 11.5. The summed E-state index contributed by atoms with van der Waals surface area (Å²) in [6.07, 6.45) is -3.96. The van der Waals surface area contributed by atoms with Gasteiger partial charge in [-0.15, -0.1) is 0 Å². The Labute approximate surface area is 102 Å². The normalized spacial score (nSPS) is 13.2. The van der Waals surface area contributed by atoms with E-state index in [0.717, 1.165) is 6.07 Å². The van der Waals surface area contributed by atoms with Crippen LogP contribution in [0.5, 0.6) is 0 Å². The van der Waals surface area contributed by atoms with Gasteiger partial charge in [0, 0.05) is 6.04 Å². The van der Waals surface area contributed by atoms with Crippen molar-refractivity contribution in [3.8, 4) is 0 Å². The van der Waals surface area contributed by atoms with Gasteiger partial charge >= 0.3 is 12.1 Å². The lowest BCUT2D eigenvalue weighted by Gasteiger charge is -2.16. The van der Waals surface area contributed by atoms with E-state index in [9.17, 15) is 18.0 Å². The van der Waals surface area contributed by atoms with E-state index in [1.165, 1.54) is 0 Å². The highest BCUT2D eigenvalue weighted by atomic mass is 19.4. The third kappa shape index (κ3) is 3.35. The summed E-state index contributed by atoms with van der Waals surface area (Å²) >= 11 is 0. The van der Waals surface area contributed by atoms with Crippen molar-refractivity contribution in [3.05, 3.63) is 23.4 Å². The fraction of sp³-hybridized carbons (Fsp3) is 0.455. The zero-order valence-electron chi connectivity index (χ0n) is 9.88. The summed E-state index contributed by atoms with van der Waals surface area (Å²) in [7, 11) is 0. The number of alkyl halides is 3. The summed E-state index contributed by atoms with van der Waals surface area (Å²) in [4.78, 5) is 14.2. The highest BCUT2D eigenvalue weighted by molar-refractivity contribution is 5.93. The molecular formula is C11H13F3N2O2. The van der Waals surface area contributed by atoms with Crippen LogP contribution < -0.4 is 5.32 Å². The SMILES string of the molecule is CCC(C)Nc1nc(C(F)(F)F)ccc1C(=O)O. The van der Waals surface area contributed by atoms with Crippen molar-refractivity contribution in [1.29, 1.82) is 0 Å². The molecule has 0 spiro atoms. The maximum absolute atomic E-state index is 12.5. The Morgan fingerprint density at radius 3 is 2.56 bits per heavy atom. The van der Waals surface area contributed by atoms with Gasteiger partial charge in [-0.1, -0.05) is 6.92 Å². The first-order chi connectivity index (χ1) is 8.25. The van der Waals surface area contributed by atoms with E-state index in [1.54, 1.807) is 6.92 Å². The van der Waals surface area contributed by atoms with Gasteiger partial charge in [-0.05, 0) is 25.5 Å². The van der Waals surface area contributed by atoms with Crippen LogP contribution in [-0.4, -0.2) is 22.1 Å². The fourth-order valence-electron chi connectivity index (χ4n) is 1.24. The van der Waals surface area contributed by atoms with E-state index < -0.39 is 17.8 Å². The Morgan fingerprint density at radius 2 is 2.11 bits per heavy atom. The molecule has 0 aliphatic rings. The van der Waals surface area contributed by atoms with Crippen molar-refractivity contribution in [1.82, 2.24) is 4.98 Å². The first-order valence-electron chi connectivity index (χ1n) is 5.33. The molecule has 0 aliphatic carbocycles. The molecule has 0 saturated heterocycles. The Hall–Kier alpha value is -1.79. The van der Waals surface area contributed by atoms with Gasteiger partial charge < -0.3 is 10.4 Å². The van der Waals surface area contributed by atoms with Gasteiger partial charge in [-0.3, -0.25) is 0 Å². The summed E-state index contributed by atoms with van der Waals surface area (Å²) in [5.41, 5.74) is -1.39. The van der Waals surface area contributed by atoms with Gasteiger partial charge in [0.05, 0.1) is 0 Å². The predicted molar refractivity (Wildman–Crippen MR) is 59.6 cm³/mol. The zero-order chi connectivity index (χ0) is 13.9. The molecule has 1 aromatic rings. The minimum atomic E-state index is -4.59. The topological polar surface area (TPSA) is 62.2 Å². The average molecular weight is 262 g/mol. The number of nitrogens with one attached hydrogen (secondary N) is 1. The third-order valence-electron chi connectivity index (χ3n) is 2.41. The monoisotopic (exact) mass is 262 g/mol. The second-order valence-corrected chi connectivity index (χ2v) is 3.85. The molecule has 0 aliphatic heterocycles. The maximum atomic E-state index is 12.5. The lowest BCUT2D eigenvalue weighted by Crippen LogP contribution is -2.19. The number of hydrogen-bond acceptors (Lipinski definition) is 3. The summed E-state index contributed by atoms with van der Waals surface area (Å²) < 4.78 is 37.4. The molecule has 1 rings (SSSR count). The number of rotatable bonds is 4. The van der Waals surface area contributed by atoms with Crippen LogP contribution in [0.25, 0.3) is 0 Å². The van der Waals surface area contributed by atoms with Gasteiger partial charge in [0.2, 0.25) is 0 Å². The highest BCUT2D eigenvalue weighted by Crippen LogP contribution is 2.29. The fourth-order valence-corrected chi connectivity index (χ4v) is 1.24. The summed E-state index contributed by atoms with van der Waals surface area (Å²) in [6, 6.07) is 1.40. The minimum absolute atomic E-state index is 0.168. The minimum Gasteiger partial charge on any atom is -0.478 e. The molecule has 4 nitrogen and oxygen atoms in total. The molecule has 0 fully saturated rings. The molecule has 1 atom stereocenters. The van der Waals surface area contributed by atoms with Gasteiger partial charge in [0.1, 0.15) is 17.1 Å². The van der Waals surface area contributed by atoms with Crippen LogP contribution in [0, 0.1) is 0 Å². The number of carboxylic acid groups (broad SMARTS) is 1. The molecule has 18 heavy (non-hydrogen) atoms. The molecule has 100 valence electrons. The molecule has 0 amide bonds. The standard InChI is InChI=1S/C11H13F3N2O2/c1-3-6(2)15-9-7(10(17)18)4-5-8(16-9)11(12,13)14/h4-6H,3H2,1-2H3,(H,15,16)(H,17,18). The van der Waals surface area contributed by atoms with Crippen molar-refractivity contribution in [2.45, 2.75) is 32.5 Å². The Kier molecular flexibility index (Phi) is 4.15. The number of hydrogen-bond donors (Lipinski definition) is 2. The molecule has 0 radical (unpaired) electrons. The molecule has 0 bridgehead atoms. The quantitative estimate of drug-likeness (QED) is 0.875. The molecule has 1 heterocycles. The number of aromatic carboxylic acids is 1. The lowest BCUT2D eigenvalue weighted by molar-refractivity contribution is -0.141. The largest absolute Gasteiger partial charge is 0.478 e. The van der Waals surface area contributed by atoms with Crippen molar-refractivity contribution in [2.24, 2.45) is 0 Å². The number of nitrogens with zero attached hydrogens (tertiary/aromatic N) is 1. The van der Waals surface area contributed by atoms with Gasteiger partial charge in [-0.25, -0.2) is 9.78 Å². The van der Waals surface area contributed by atoms with E-state index in [-0.39, 0.29) is 17.4 Å². The number of carboxylic acids is 1. The van der Waals surface area contributed by atoms with Crippen molar-refractivity contribution >= 4 is 11.8 Å². The number of aromatic nitrogens is 1. The van der Waals surface area contributed by atoms with E-state index in [1.807, 2.05) is 6.92 Å². The third-order valence-corrected chi connectivity index (χ3v) is 2.41. The Morgan fingerprint density at radius 1 is 1.50 bits per heavy atom.